The maximum atomic E-state index is 3.54. The van der Waals surface area contributed by atoms with E-state index in [4.69, 9.17) is 0 Å². The van der Waals surface area contributed by atoms with E-state index in [1.54, 1.807) is 0 Å². The van der Waals surface area contributed by atoms with Gasteiger partial charge in [-0.25, -0.2) is 0 Å². The van der Waals surface area contributed by atoms with E-state index in [0.29, 0.717) is 6.04 Å². The van der Waals surface area contributed by atoms with Crippen LogP contribution in [0.1, 0.15) is 36.9 Å². The molecule has 0 amide bonds. The van der Waals surface area contributed by atoms with Gasteiger partial charge in [-0.3, -0.25) is 5.32 Å². The first-order valence-corrected chi connectivity index (χ1v) is 6.52. The lowest BCUT2D eigenvalue weighted by Crippen LogP contribution is -2.25. The molecule has 0 fully saturated rings. The second-order valence-electron chi connectivity index (χ2n) is 4.10. The average molecular weight is 278 g/mol. The second kappa shape index (κ2) is 5.52. The summed E-state index contributed by atoms with van der Waals surface area (Å²) < 4.78 is 1.17. The van der Waals surface area contributed by atoms with Crippen molar-refractivity contribution in [3.05, 3.63) is 33.8 Å². The van der Waals surface area contributed by atoms with Crippen LogP contribution >= 0.6 is 15.9 Å². The van der Waals surface area contributed by atoms with Gasteiger partial charge in [-0.1, -0.05) is 27.9 Å². The molecule has 16 heavy (non-hydrogen) atoms. The van der Waals surface area contributed by atoms with E-state index < -0.39 is 0 Å². The van der Waals surface area contributed by atoms with Crippen molar-refractivity contribution < 1.29 is 0 Å². The van der Waals surface area contributed by atoms with Gasteiger partial charge < -0.3 is 0 Å². The fraction of sp³-hybridized carbons (Fsp3) is 0.429. The lowest BCUT2D eigenvalue weighted by atomic mass is 9.88. The van der Waals surface area contributed by atoms with Gasteiger partial charge in [-0.05, 0) is 49.4 Å². The highest BCUT2D eigenvalue weighted by atomic mass is 79.9. The van der Waals surface area contributed by atoms with Crippen molar-refractivity contribution in [1.29, 1.82) is 0 Å². The summed E-state index contributed by atoms with van der Waals surface area (Å²) in [5.41, 5.74) is 2.93. The molecule has 1 N–H and O–H groups in total. The molecule has 0 saturated heterocycles. The normalized spacial score (nSPS) is 18.5. The van der Waals surface area contributed by atoms with Crippen LogP contribution in [0.25, 0.3) is 0 Å². The highest BCUT2D eigenvalue weighted by Crippen LogP contribution is 2.31. The SMILES string of the molecule is CC#CCNC1CCCc2ccc(Br)cc21. The Labute approximate surface area is 106 Å². The Bertz CT molecular complexity index is 428. The van der Waals surface area contributed by atoms with Crippen LogP contribution in [-0.4, -0.2) is 6.54 Å². The van der Waals surface area contributed by atoms with E-state index >= 15 is 0 Å². The molecule has 1 aliphatic rings. The zero-order valence-electron chi connectivity index (χ0n) is 9.52. The van der Waals surface area contributed by atoms with Crippen LogP contribution in [0.4, 0.5) is 0 Å². The molecule has 1 atom stereocenters. The Kier molecular flexibility index (Phi) is 4.04. The number of fused-ring (bicyclic) bond motifs is 1. The summed E-state index contributed by atoms with van der Waals surface area (Å²) in [5.74, 6) is 5.99. The summed E-state index contributed by atoms with van der Waals surface area (Å²) in [6.07, 6.45) is 3.70. The van der Waals surface area contributed by atoms with E-state index in [1.165, 1.54) is 34.9 Å². The monoisotopic (exact) mass is 277 g/mol. The third-order valence-corrected chi connectivity index (χ3v) is 3.53. The van der Waals surface area contributed by atoms with Gasteiger partial charge >= 0.3 is 0 Å². The van der Waals surface area contributed by atoms with E-state index in [9.17, 15) is 0 Å². The first-order valence-electron chi connectivity index (χ1n) is 5.72. The maximum Gasteiger partial charge on any atom is 0.0581 e. The molecule has 0 aromatic heterocycles. The van der Waals surface area contributed by atoms with Crippen LogP contribution in [0.3, 0.4) is 0 Å². The Balaban J connectivity index is 2.17. The third kappa shape index (κ3) is 2.66. The first kappa shape index (κ1) is 11.7. The quantitative estimate of drug-likeness (QED) is 0.817. The van der Waals surface area contributed by atoms with Crippen LogP contribution < -0.4 is 5.32 Å². The molecule has 2 heteroatoms. The summed E-state index contributed by atoms with van der Waals surface area (Å²) in [7, 11) is 0. The number of rotatable bonds is 2. The van der Waals surface area contributed by atoms with Crippen LogP contribution in [0.15, 0.2) is 22.7 Å². The Morgan fingerprint density at radius 3 is 3.19 bits per heavy atom. The molecule has 84 valence electrons. The zero-order valence-corrected chi connectivity index (χ0v) is 11.1. The highest BCUT2D eigenvalue weighted by molar-refractivity contribution is 9.10. The topological polar surface area (TPSA) is 12.0 Å². The fourth-order valence-electron chi connectivity index (χ4n) is 2.24. The standard InChI is InChI=1S/C14H16BrN/c1-2-3-9-16-14-6-4-5-11-7-8-12(15)10-13(11)14/h7-8,10,14,16H,4-6,9H2,1H3. The van der Waals surface area contributed by atoms with Crippen molar-refractivity contribution in [2.45, 2.75) is 32.2 Å². The average Bonchev–Trinajstić information content (AvgIpc) is 2.30. The van der Waals surface area contributed by atoms with Crippen LogP contribution in [0, 0.1) is 11.8 Å². The minimum absolute atomic E-state index is 0.474. The smallest absolute Gasteiger partial charge is 0.0581 e. The Hall–Kier alpha value is -0.780. The molecule has 1 aliphatic carbocycles. The Morgan fingerprint density at radius 1 is 1.50 bits per heavy atom. The fourth-order valence-corrected chi connectivity index (χ4v) is 2.62. The molecule has 0 radical (unpaired) electrons. The van der Waals surface area contributed by atoms with Crippen molar-refractivity contribution in [2.75, 3.05) is 6.54 Å². The van der Waals surface area contributed by atoms with E-state index in [1.807, 2.05) is 6.92 Å². The molecule has 1 nitrogen and oxygen atoms in total. The van der Waals surface area contributed by atoms with Crippen LogP contribution in [0.2, 0.25) is 0 Å². The minimum atomic E-state index is 0.474. The zero-order chi connectivity index (χ0) is 11.4. The molecule has 0 aliphatic heterocycles. The predicted molar refractivity (Wildman–Crippen MR) is 71.3 cm³/mol. The van der Waals surface area contributed by atoms with Crippen LogP contribution in [-0.2, 0) is 6.42 Å². The molecule has 1 aromatic rings. The van der Waals surface area contributed by atoms with Gasteiger partial charge in [0.1, 0.15) is 0 Å². The molecular formula is C14H16BrN. The number of benzene rings is 1. The molecule has 2 rings (SSSR count). The highest BCUT2D eigenvalue weighted by Gasteiger charge is 2.19. The number of nitrogens with one attached hydrogen (secondary N) is 1. The lowest BCUT2D eigenvalue weighted by Gasteiger charge is -2.26. The van der Waals surface area contributed by atoms with Crippen molar-refractivity contribution in [3.8, 4) is 11.8 Å². The number of hydrogen-bond donors (Lipinski definition) is 1. The van der Waals surface area contributed by atoms with Gasteiger partial charge in [0.2, 0.25) is 0 Å². The number of hydrogen-bond acceptors (Lipinski definition) is 1. The Morgan fingerprint density at radius 2 is 2.38 bits per heavy atom. The van der Waals surface area contributed by atoms with E-state index in [-0.39, 0.29) is 0 Å². The van der Waals surface area contributed by atoms with Crippen molar-refractivity contribution >= 4 is 15.9 Å². The van der Waals surface area contributed by atoms with Gasteiger partial charge in [0.25, 0.3) is 0 Å². The van der Waals surface area contributed by atoms with E-state index in [2.05, 4.69) is 51.3 Å². The summed E-state index contributed by atoms with van der Waals surface area (Å²) in [6.45, 7) is 2.67. The largest absolute Gasteiger partial charge is 0.299 e. The van der Waals surface area contributed by atoms with Crippen molar-refractivity contribution in [1.82, 2.24) is 5.32 Å². The molecule has 0 bridgehead atoms. The maximum absolute atomic E-state index is 3.54. The molecule has 0 saturated carbocycles. The molecule has 1 aromatic carbocycles. The molecular weight excluding hydrogens is 262 g/mol. The number of halogens is 1. The summed E-state index contributed by atoms with van der Waals surface area (Å²) >= 11 is 3.54. The van der Waals surface area contributed by atoms with Gasteiger partial charge in [0.15, 0.2) is 0 Å². The van der Waals surface area contributed by atoms with Gasteiger partial charge in [-0.2, -0.15) is 0 Å². The second-order valence-corrected chi connectivity index (χ2v) is 5.01. The predicted octanol–water partition coefficient (Wildman–Crippen LogP) is 3.44. The molecule has 1 unspecified atom stereocenters. The number of aryl methyl sites for hydroxylation is 1. The van der Waals surface area contributed by atoms with Gasteiger partial charge in [-0.15, -0.1) is 5.92 Å². The summed E-state index contributed by atoms with van der Waals surface area (Å²) in [4.78, 5) is 0. The molecule has 0 spiro atoms. The van der Waals surface area contributed by atoms with E-state index in [0.717, 1.165) is 6.54 Å². The summed E-state index contributed by atoms with van der Waals surface area (Å²) in [5, 5.41) is 3.51. The first-order chi connectivity index (χ1) is 7.81. The lowest BCUT2D eigenvalue weighted by molar-refractivity contribution is 0.483. The molecule has 0 heterocycles. The van der Waals surface area contributed by atoms with Crippen molar-refractivity contribution in [2.24, 2.45) is 0 Å². The van der Waals surface area contributed by atoms with Gasteiger partial charge in [0, 0.05) is 10.5 Å². The summed E-state index contributed by atoms with van der Waals surface area (Å²) in [6, 6.07) is 7.08. The van der Waals surface area contributed by atoms with Crippen molar-refractivity contribution in [3.63, 3.8) is 0 Å². The minimum Gasteiger partial charge on any atom is -0.299 e. The van der Waals surface area contributed by atoms with Gasteiger partial charge in [0.05, 0.1) is 6.54 Å². The van der Waals surface area contributed by atoms with Crippen LogP contribution in [0.5, 0.6) is 0 Å². The third-order valence-electron chi connectivity index (χ3n) is 3.04.